The van der Waals surface area contributed by atoms with Crippen molar-refractivity contribution in [1.29, 1.82) is 0 Å². The number of carboxylic acid groups (broad SMARTS) is 1. The van der Waals surface area contributed by atoms with Crippen LogP contribution in [0.2, 0.25) is 0 Å². The van der Waals surface area contributed by atoms with Crippen LogP contribution < -0.4 is 5.32 Å². The molecule has 0 heterocycles. The number of amides is 1. The lowest BCUT2D eigenvalue weighted by molar-refractivity contribution is -0.137. The Kier molecular flexibility index (Phi) is 3.94. The summed E-state index contributed by atoms with van der Waals surface area (Å²) in [7, 11) is 0. The van der Waals surface area contributed by atoms with Crippen LogP contribution in [0.25, 0.3) is 0 Å². The molecule has 4 heteroatoms. The van der Waals surface area contributed by atoms with Crippen LogP contribution in [0, 0.1) is 17.3 Å². The van der Waals surface area contributed by atoms with Crippen LogP contribution in [0.5, 0.6) is 0 Å². The summed E-state index contributed by atoms with van der Waals surface area (Å²) >= 11 is 0. The molecule has 0 aromatic rings. The lowest BCUT2D eigenvalue weighted by atomic mass is 10.1. The molecule has 92 valence electrons. The van der Waals surface area contributed by atoms with Gasteiger partial charge in [-0.2, -0.15) is 0 Å². The van der Waals surface area contributed by atoms with Gasteiger partial charge in [0.15, 0.2) is 0 Å². The highest BCUT2D eigenvalue weighted by atomic mass is 16.4. The third-order valence-corrected chi connectivity index (χ3v) is 3.31. The minimum Gasteiger partial charge on any atom is -0.481 e. The van der Waals surface area contributed by atoms with Crippen LogP contribution in [-0.2, 0) is 9.59 Å². The summed E-state index contributed by atoms with van der Waals surface area (Å²) in [6.07, 6.45) is 1.75. The number of carbonyl (C=O) groups is 2. The predicted octanol–water partition coefficient (Wildman–Crippen LogP) is 1.65. The van der Waals surface area contributed by atoms with Crippen LogP contribution in [0.15, 0.2) is 0 Å². The van der Waals surface area contributed by atoms with E-state index in [9.17, 15) is 9.59 Å². The lowest BCUT2D eigenvalue weighted by Gasteiger charge is -2.12. The van der Waals surface area contributed by atoms with Crippen LogP contribution in [0.4, 0.5) is 0 Å². The quantitative estimate of drug-likeness (QED) is 0.725. The summed E-state index contributed by atoms with van der Waals surface area (Å²) in [6, 6.07) is 0. The zero-order chi connectivity index (χ0) is 12.3. The summed E-state index contributed by atoms with van der Waals surface area (Å²) in [5, 5.41) is 11.4. The summed E-state index contributed by atoms with van der Waals surface area (Å²) in [4.78, 5) is 22.0. The Balaban J connectivity index is 2.15. The molecule has 0 saturated heterocycles. The molecule has 0 aliphatic heterocycles. The van der Waals surface area contributed by atoms with Crippen molar-refractivity contribution in [3.63, 3.8) is 0 Å². The average Bonchev–Trinajstić information content (AvgIpc) is 2.81. The van der Waals surface area contributed by atoms with Crippen LogP contribution in [-0.4, -0.2) is 23.5 Å². The average molecular weight is 227 g/mol. The largest absolute Gasteiger partial charge is 0.481 e. The second kappa shape index (κ2) is 4.85. The first-order valence-electron chi connectivity index (χ1n) is 5.82. The fourth-order valence-corrected chi connectivity index (χ4v) is 1.78. The normalized spacial score (nSPS) is 23.6. The molecule has 2 unspecified atom stereocenters. The number of hydrogen-bond donors (Lipinski definition) is 2. The van der Waals surface area contributed by atoms with Crippen molar-refractivity contribution in [2.45, 2.75) is 40.0 Å². The van der Waals surface area contributed by atoms with E-state index in [2.05, 4.69) is 19.2 Å². The Labute approximate surface area is 96.4 Å². The Morgan fingerprint density at radius 1 is 1.50 bits per heavy atom. The van der Waals surface area contributed by atoms with Crippen LogP contribution in [0.1, 0.15) is 40.0 Å². The van der Waals surface area contributed by atoms with Crippen LogP contribution in [0.3, 0.4) is 0 Å². The van der Waals surface area contributed by atoms with Gasteiger partial charge in [-0.3, -0.25) is 9.59 Å². The molecular formula is C12H21NO3. The third kappa shape index (κ3) is 3.83. The van der Waals surface area contributed by atoms with E-state index in [4.69, 9.17) is 5.11 Å². The van der Waals surface area contributed by atoms with Gasteiger partial charge in [0, 0.05) is 18.9 Å². The maximum atomic E-state index is 11.6. The highest BCUT2D eigenvalue weighted by Gasteiger charge is 2.50. The molecule has 0 aromatic heterocycles. The number of nitrogens with one attached hydrogen (secondary N) is 1. The van der Waals surface area contributed by atoms with Crippen molar-refractivity contribution < 1.29 is 14.7 Å². The van der Waals surface area contributed by atoms with E-state index in [0.29, 0.717) is 13.0 Å². The topological polar surface area (TPSA) is 66.4 Å². The molecule has 4 nitrogen and oxygen atoms in total. The van der Waals surface area contributed by atoms with E-state index in [0.717, 1.165) is 6.42 Å². The summed E-state index contributed by atoms with van der Waals surface area (Å²) in [5.41, 5.74) is 0.161. The maximum Gasteiger partial charge on any atom is 0.303 e. The first-order valence-corrected chi connectivity index (χ1v) is 5.82. The van der Waals surface area contributed by atoms with E-state index in [1.807, 2.05) is 6.92 Å². The standard InChI is InChI=1S/C12H21NO3/c1-8(4-5-10(14)15)7-13-11(16)9-6-12(9,2)3/h8-9H,4-7H2,1-3H3,(H,13,16)(H,14,15). The fourth-order valence-electron chi connectivity index (χ4n) is 1.78. The first-order chi connectivity index (χ1) is 7.33. The van der Waals surface area contributed by atoms with Crippen molar-refractivity contribution in [1.82, 2.24) is 5.32 Å². The van der Waals surface area contributed by atoms with E-state index >= 15 is 0 Å². The van der Waals surface area contributed by atoms with Gasteiger partial charge < -0.3 is 10.4 Å². The van der Waals surface area contributed by atoms with E-state index in [1.165, 1.54) is 0 Å². The zero-order valence-corrected chi connectivity index (χ0v) is 10.2. The van der Waals surface area contributed by atoms with Crippen molar-refractivity contribution in [2.75, 3.05) is 6.54 Å². The Bertz CT molecular complexity index is 286. The second-order valence-electron chi connectivity index (χ2n) is 5.53. The predicted molar refractivity (Wildman–Crippen MR) is 60.9 cm³/mol. The Morgan fingerprint density at radius 2 is 2.06 bits per heavy atom. The van der Waals surface area contributed by atoms with Crippen LogP contribution >= 0.6 is 0 Å². The van der Waals surface area contributed by atoms with E-state index < -0.39 is 5.97 Å². The lowest BCUT2D eigenvalue weighted by Crippen LogP contribution is -2.30. The van der Waals surface area contributed by atoms with Gasteiger partial charge in [-0.25, -0.2) is 0 Å². The third-order valence-electron chi connectivity index (χ3n) is 3.31. The number of carbonyl (C=O) groups excluding carboxylic acids is 1. The molecule has 1 rings (SSSR count). The molecule has 2 atom stereocenters. The summed E-state index contributed by atoms with van der Waals surface area (Å²) in [5.74, 6) is -0.283. The molecule has 16 heavy (non-hydrogen) atoms. The number of aliphatic carboxylic acids is 1. The van der Waals surface area contributed by atoms with Crippen molar-refractivity contribution in [3.05, 3.63) is 0 Å². The molecule has 1 fully saturated rings. The Hall–Kier alpha value is -1.06. The van der Waals surface area contributed by atoms with Gasteiger partial charge in [-0.05, 0) is 24.2 Å². The van der Waals surface area contributed by atoms with Gasteiger partial charge in [0.05, 0.1) is 0 Å². The molecule has 0 bridgehead atoms. The maximum absolute atomic E-state index is 11.6. The number of hydrogen-bond acceptors (Lipinski definition) is 2. The second-order valence-corrected chi connectivity index (χ2v) is 5.53. The molecule has 1 saturated carbocycles. The monoisotopic (exact) mass is 227 g/mol. The van der Waals surface area contributed by atoms with Gasteiger partial charge in [0.1, 0.15) is 0 Å². The minimum absolute atomic E-state index is 0.118. The fraction of sp³-hybridized carbons (Fsp3) is 0.833. The molecule has 2 N–H and O–H groups in total. The zero-order valence-electron chi connectivity index (χ0n) is 10.2. The van der Waals surface area contributed by atoms with Gasteiger partial charge in [-0.1, -0.05) is 20.8 Å². The number of rotatable bonds is 6. The van der Waals surface area contributed by atoms with Gasteiger partial charge in [-0.15, -0.1) is 0 Å². The van der Waals surface area contributed by atoms with E-state index in [-0.39, 0.29) is 29.6 Å². The molecular weight excluding hydrogens is 206 g/mol. The smallest absolute Gasteiger partial charge is 0.303 e. The van der Waals surface area contributed by atoms with Gasteiger partial charge >= 0.3 is 5.97 Å². The summed E-state index contributed by atoms with van der Waals surface area (Å²) in [6.45, 7) is 6.72. The van der Waals surface area contributed by atoms with Crippen molar-refractivity contribution in [3.8, 4) is 0 Å². The van der Waals surface area contributed by atoms with Gasteiger partial charge in [0.2, 0.25) is 5.91 Å². The molecule has 0 aromatic carbocycles. The van der Waals surface area contributed by atoms with Gasteiger partial charge in [0.25, 0.3) is 0 Å². The molecule has 1 aliphatic rings. The molecule has 0 radical (unpaired) electrons. The molecule has 1 amide bonds. The minimum atomic E-state index is -0.776. The van der Waals surface area contributed by atoms with Crippen molar-refractivity contribution >= 4 is 11.9 Å². The Morgan fingerprint density at radius 3 is 2.50 bits per heavy atom. The van der Waals surface area contributed by atoms with E-state index in [1.54, 1.807) is 0 Å². The first kappa shape index (κ1) is 13.0. The highest BCUT2D eigenvalue weighted by Crippen LogP contribution is 2.51. The highest BCUT2D eigenvalue weighted by molar-refractivity contribution is 5.82. The number of carboxylic acids is 1. The van der Waals surface area contributed by atoms with Crippen molar-refractivity contribution in [2.24, 2.45) is 17.3 Å². The molecule has 1 aliphatic carbocycles. The SMILES string of the molecule is CC(CCC(=O)O)CNC(=O)C1CC1(C)C. The summed E-state index contributed by atoms with van der Waals surface area (Å²) < 4.78 is 0. The molecule has 0 spiro atoms.